The molecule has 0 bridgehead atoms. The predicted molar refractivity (Wildman–Crippen MR) is 184 cm³/mol. The Bertz CT molecular complexity index is 1550. The molecule has 6 nitrogen and oxygen atoms in total. The Hall–Kier alpha value is -2.00. The number of carbonyl (C=O) groups excluding carboxylic acids is 2. The minimum absolute atomic E-state index is 0.0556. The Labute approximate surface area is 289 Å². The van der Waals surface area contributed by atoms with E-state index in [4.69, 9.17) is 4.74 Å². The SMILES string of the molecule is BrB(Br)Br.COc1ncc(Br)cc1C(=O)CCc1ccc(F)cc1.O=C(CCc1ccc(F)cc1)c1cc(Br)c[nH]c1=O. The number of hydrogen-bond donors (Lipinski definition) is 1. The minimum atomic E-state index is -0.396. The van der Waals surface area contributed by atoms with Crippen LogP contribution in [0.1, 0.15) is 44.7 Å². The van der Waals surface area contributed by atoms with Gasteiger partial charge in [-0.1, -0.05) is 24.3 Å². The molecule has 0 amide bonds. The molecular formula is C29H24BBr5F2N2O4. The normalized spacial score (nSPS) is 10.0. The highest BCUT2D eigenvalue weighted by molar-refractivity contribution is 9.69. The van der Waals surface area contributed by atoms with E-state index in [1.165, 1.54) is 43.6 Å². The number of Topliss-reactive ketones (excluding diaryl/α,β-unsaturated/α-hetero) is 2. The van der Waals surface area contributed by atoms with Crippen molar-refractivity contribution in [2.75, 3.05) is 7.11 Å². The van der Waals surface area contributed by atoms with E-state index in [1.54, 1.807) is 36.5 Å². The number of rotatable bonds is 9. The first-order valence-electron chi connectivity index (χ1n) is 12.4. The number of benzene rings is 2. The minimum Gasteiger partial charge on any atom is -0.480 e. The Morgan fingerprint density at radius 3 is 1.72 bits per heavy atom. The average molecular weight is 913 g/mol. The van der Waals surface area contributed by atoms with E-state index in [0.29, 0.717) is 35.2 Å². The van der Waals surface area contributed by atoms with Gasteiger partial charge in [0.25, 0.3) is 5.56 Å². The second-order valence-electron chi connectivity index (χ2n) is 8.62. The zero-order valence-electron chi connectivity index (χ0n) is 22.6. The third kappa shape index (κ3) is 14.1. The highest BCUT2D eigenvalue weighted by atomic mass is 79.9. The molecule has 0 unspecified atom stereocenters. The molecule has 2 heterocycles. The van der Waals surface area contributed by atoms with E-state index in [-0.39, 0.29) is 38.4 Å². The van der Waals surface area contributed by atoms with Gasteiger partial charge in [0.2, 0.25) is 5.88 Å². The van der Waals surface area contributed by atoms with Crippen molar-refractivity contribution >= 4 is 93.9 Å². The summed E-state index contributed by atoms with van der Waals surface area (Å²) in [5.74, 6) is -0.555. The summed E-state index contributed by atoms with van der Waals surface area (Å²) >= 11 is 15.8. The molecule has 226 valence electrons. The van der Waals surface area contributed by atoms with Crippen LogP contribution in [0.25, 0.3) is 0 Å². The molecule has 0 aliphatic rings. The van der Waals surface area contributed by atoms with Gasteiger partial charge in [-0.15, -0.1) is 47.3 Å². The van der Waals surface area contributed by atoms with E-state index in [9.17, 15) is 23.2 Å². The van der Waals surface area contributed by atoms with Crippen molar-refractivity contribution in [3.05, 3.63) is 126 Å². The number of carbonyl (C=O) groups is 2. The number of hydrogen-bond acceptors (Lipinski definition) is 5. The van der Waals surface area contributed by atoms with Crippen LogP contribution in [0, 0.1) is 11.6 Å². The van der Waals surface area contributed by atoms with Gasteiger partial charge >= 0.3 is 3.18 Å². The van der Waals surface area contributed by atoms with Crippen molar-refractivity contribution in [2.24, 2.45) is 0 Å². The van der Waals surface area contributed by atoms with Gasteiger partial charge in [0, 0.05) is 34.2 Å². The number of aryl methyl sites for hydroxylation is 2. The van der Waals surface area contributed by atoms with Crippen LogP contribution in [0.15, 0.2) is 86.8 Å². The number of methoxy groups -OCH3 is 1. The number of ketones is 2. The molecule has 4 rings (SSSR count). The van der Waals surface area contributed by atoms with Gasteiger partial charge in [-0.2, -0.15) is 0 Å². The maximum absolute atomic E-state index is 12.8. The first-order chi connectivity index (χ1) is 20.4. The van der Waals surface area contributed by atoms with Gasteiger partial charge in [-0.05, 0) is 92.2 Å². The molecule has 0 radical (unpaired) electrons. The summed E-state index contributed by atoms with van der Waals surface area (Å²) in [6, 6.07) is 15.3. The van der Waals surface area contributed by atoms with Gasteiger partial charge < -0.3 is 9.72 Å². The molecule has 0 spiro atoms. The van der Waals surface area contributed by atoms with E-state index in [0.717, 1.165) is 15.6 Å². The van der Waals surface area contributed by atoms with Crippen molar-refractivity contribution in [1.82, 2.24) is 9.97 Å². The fourth-order valence-electron chi connectivity index (χ4n) is 3.54. The van der Waals surface area contributed by atoms with Crippen molar-refractivity contribution < 1.29 is 23.1 Å². The summed E-state index contributed by atoms with van der Waals surface area (Å²) in [6.07, 6.45) is 4.62. The lowest BCUT2D eigenvalue weighted by atomic mass is 10.0. The van der Waals surface area contributed by atoms with Crippen molar-refractivity contribution in [3.63, 3.8) is 0 Å². The van der Waals surface area contributed by atoms with E-state index in [1.807, 2.05) is 0 Å². The topological polar surface area (TPSA) is 89.1 Å². The van der Waals surface area contributed by atoms with E-state index in [2.05, 4.69) is 89.1 Å². The van der Waals surface area contributed by atoms with Gasteiger partial charge in [-0.25, -0.2) is 13.8 Å². The molecule has 0 fully saturated rings. The Balaban J connectivity index is 0.000000267. The number of ether oxygens (including phenoxy) is 1. The van der Waals surface area contributed by atoms with Crippen LogP contribution < -0.4 is 10.3 Å². The molecular weight excluding hydrogens is 889 g/mol. The monoisotopic (exact) mass is 908 g/mol. The van der Waals surface area contributed by atoms with Crippen LogP contribution in [0.5, 0.6) is 5.88 Å². The third-order valence-corrected chi connectivity index (χ3v) is 6.48. The fraction of sp³-hybridized carbons (Fsp3) is 0.172. The predicted octanol–water partition coefficient (Wildman–Crippen LogP) is 9.06. The van der Waals surface area contributed by atoms with Gasteiger partial charge in [0.1, 0.15) is 11.6 Å². The maximum atomic E-state index is 12.8. The van der Waals surface area contributed by atoms with Crippen LogP contribution in [-0.2, 0) is 12.8 Å². The Morgan fingerprint density at radius 2 is 1.26 bits per heavy atom. The standard InChI is InChI=1S/C15H13BrFNO2.C14H11BrFNO2.BBr3/c1-20-15-13(8-11(16)9-18-15)14(19)7-4-10-2-5-12(17)6-3-10;15-10-7-12(14(19)17-8-10)13(18)6-3-9-1-4-11(16)5-2-9;2-1(3)4/h2-3,5-6,8-9H,4,7H2,1H3;1-2,4-5,7-8H,3,6H2,(H,17,19);. The number of H-pyrrole nitrogens is 1. The fourth-order valence-corrected chi connectivity index (χ4v) is 4.22. The molecule has 0 saturated heterocycles. The van der Waals surface area contributed by atoms with Crippen LogP contribution in [0.3, 0.4) is 0 Å². The molecule has 14 heteroatoms. The number of nitrogens with one attached hydrogen (secondary N) is 1. The highest BCUT2D eigenvalue weighted by Crippen LogP contribution is 2.22. The van der Waals surface area contributed by atoms with Crippen molar-refractivity contribution in [1.29, 1.82) is 0 Å². The van der Waals surface area contributed by atoms with E-state index < -0.39 is 5.56 Å². The zero-order valence-corrected chi connectivity index (χ0v) is 30.5. The molecule has 0 atom stereocenters. The Kier molecular flexibility index (Phi) is 16.8. The van der Waals surface area contributed by atoms with E-state index >= 15 is 0 Å². The smallest absolute Gasteiger partial charge is 0.369 e. The summed E-state index contributed by atoms with van der Waals surface area (Å²) in [5, 5.41) is 0. The van der Waals surface area contributed by atoms with Crippen molar-refractivity contribution in [3.8, 4) is 5.88 Å². The average Bonchev–Trinajstić information content (AvgIpc) is 2.97. The number of nitrogens with zero attached hydrogens (tertiary/aromatic N) is 1. The summed E-state index contributed by atoms with van der Waals surface area (Å²) in [6.45, 7) is 0. The summed E-state index contributed by atoms with van der Waals surface area (Å²) in [5.41, 5.74) is 1.97. The van der Waals surface area contributed by atoms with Crippen LogP contribution in [-0.4, -0.2) is 31.8 Å². The number of aromatic nitrogens is 2. The van der Waals surface area contributed by atoms with Gasteiger partial charge in [-0.3, -0.25) is 14.4 Å². The highest BCUT2D eigenvalue weighted by Gasteiger charge is 2.14. The maximum Gasteiger partial charge on any atom is 0.369 e. The lowest BCUT2D eigenvalue weighted by Crippen LogP contribution is -2.17. The zero-order chi connectivity index (χ0) is 31.9. The molecule has 0 aliphatic carbocycles. The molecule has 43 heavy (non-hydrogen) atoms. The van der Waals surface area contributed by atoms with Gasteiger partial charge in [0.05, 0.1) is 18.2 Å². The first kappa shape index (κ1) is 37.2. The molecule has 0 saturated carbocycles. The summed E-state index contributed by atoms with van der Waals surface area (Å²) < 4.78 is 32.3. The molecule has 2 aromatic carbocycles. The first-order valence-corrected chi connectivity index (χ1v) is 16.8. The molecule has 4 aromatic rings. The number of pyridine rings is 2. The second kappa shape index (κ2) is 19.4. The molecule has 0 aliphatic heterocycles. The quantitative estimate of drug-likeness (QED) is 0.134. The largest absolute Gasteiger partial charge is 0.480 e. The lowest BCUT2D eigenvalue weighted by Gasteiger charge is -2.07. The lowest BCUT2D eigenvalue weighted by molar-refractivity contribution is 0.0972. The number of aromatic amines is 1. The van der Waals surface area contributed by atoms with Crippen molar-refractivity contribution in [2.45, 2.75) is 25.7 Å². The van der Waals surface area contributed by atoms with Crippen LogP contribution in [0.4, 0.5) is 8.78 Å². The van der Waals surface area contributed by atoms with Crippen LogP contribution >= 0.6 is 79.1 Å². The molecule has 1 N–H and O–H groups in total. The second-order valence-corrected chi connectivity index (χ2v) is 16.9. The Morgan fingerprint density at radius 1 is 0.814 bits per heavy atom. The summed E-state index contributed by atoms with van der Waals surface area (Å²) in [4.78, 5) is 42.2. The summed E-state index contributed by atoms with van der Waals surface area (Å²) in [7, 11) is 1.48. The third-order valence-electron chi connectivity index (χ3n) is 5.59. The molecule has 2 aromatic heterocycles. The van der Waals surface area contributed by atoms with Gasteiger partial charge in [0.15, 0.2) is 11.6 Å². The van der Waals surface area contributed by atoms with Crippen LogP contribution in [0.2, 0.25) is 0 Å². The number of halogens is 7.